The Morgan fingerprint density at radius 1 is 0.854 bits per heavy atom. The van der Waals surface area contributed by atoms with Crippen LogP contribution < -0.4 is 0 Å². The van der Waals surface area contributed by atoms with Crippen molar-refractivity contribution >= 4 is 11.9 Å². The smallest absolute Gasteiger partial charge is 0.423 e. The molecule has 2 aliphatic heterocycles. The SMILES string of the molecule is CC(=O)N1CCN(C2CCN(C(=O)N(C)C(C)c3c(C)c(C(F)F)c(O)c(C(F)(F)F)c3O)C(c3c(C)c(O)c(F)c(O)c3O)C2)CC1. The summed E-state index contributed by atoms with van der Waals surface area (Å²) in [5.74, 6) is -8.12. The fourth-order valence-electron chi connectivity index (χ4n) is 6.89. The summed E-state index contributed by atoms with van der Waals surface area (Å²) in [5.41, 5.74) is -5.06. The molecule has 3 unspecified atom stereocenters. The van der Waals surface area contributed by atoms with Crippen molar-refractivity contribution in [2.24, 2.45) is 0 Å². The number of hydrogen-bond acceptors (Lipinski definition) is 8. The molecule has 0 bridgehead atoms. The first-order valence-corrected chi connectivity index (χ1v) is 15.1. The number of carbonyl (C=O) groups is 2. The molecule has 2 aromatic rings. The number of amides is 3. The molecule has 2 heterocycles. The maximum absolute atomic E-state index is 14.5. The van der Waals surface area contributed by atoms with Crippen LogP contribution in [0.4, 0.5) is 31.1 Å². The Balaban J connectivity index is 1.77. The van der Waals surface area contributed by atoms with Crippen molar-refractivity contribution in [1.29, 1.82) is 0 Å². The molecule has 0 aromatic heterocycles. The molecule has 3 atom stereocenters. The van der Waals surface area contributed by atoms with E-state index in [1.165, 1.54) is 25.7 Å². The van der Waals surface area contributed by atoms with Gasteiger partial charge in [-0.25, -0.2) is 13.6 Å². The Kier molecular flexibility index (Phi) is 10.1. The molecule has 17 heteroatoms. The fourth-order valence-corrected chi connectivity index (χ4v) is 6.89. The molecule has 48 heavy (non-hydrogen) atoms. The molecule has 266 valence electrons. The summed E-state index contributed by atoms with van der Waals surface area (Å²) in [4.78, 5) is 31.8. The molecular weight excluding hydrogens is 654 g/mol. The van der Waals surface area contributed by atoms with Gasteiger partial charge < -0.3 is 40.2 Å². The van der Waals surface area contributed by atoms with Crippen molar-refractivity contribution in [3.63, 3.8) is 0 Å². The first-order chi connectivity index (χ1) is 22.2. The van der Waals surface area contributed by atoms with Crippen molar-refractivity contribution in [1.82, 2.24) is 19.6 Å². The van der Waals surface area contributed by atoms with Crippen LogP contribution in [-0.2, 0) is 11.0 Å². The highest BCUT2D eigenvalue weighted by Crippen LogP contribution is 2.52. The molecule has 5 N–H and O–H groups in total. The summed E-state index contributed by atoms with van der Waals surface area (Å²) < 4.78 is 84.0. The van der Waals surface area contributed by atoms with Crippen LogP contribution in [0.25, 0.3) is 0 Å². The highest BCUT2D eigenvalue weighted by Gasteiger charge is 2.45. The lowest BCUT2D eigenvalue weighted by Gasteiger charge is -2.47. The van der Waals surface area contributed by atoms with Gasteiger partial charge in [0.2, 0.25) is 11.7 Å². The second-order valence-electron chi connectivity index (χ2n) is 12.2. The van der Waals surface area contributed by atoms with E-state index in [2.05, 4.69) is 4.90 Å². The maximum Gasteiger partial charge on any atom is 0.423 e. The number of alkyl halides is 5. The van der Waals surface area contributed by atoms with Gasteiger partial charge in [0.15, 0.2) is 17.2 Å². The van der Waals surface area contributed by atoms with E-state index in [9.17, 15) is 61.5 Å². The quantitative estimate of drug-likeness (QED) is 0.159. The third-order valence-corrected chi connectivity index (χ3v) is 9.68. The maximum atomic E-state index is 14.5. The molecule has 0 saturated carbocycles. The predicted molar refractivity (Wildman–Crippen MR) is 158 cm³/mol. The van der Waals surface area contributed by atoms with E-state index in [0.717, 1.165) is 18.9 Å². The molecule has 11 nitrogen and oxygen atoms in total. The van der Waals surface area contributed by atoms with Gasteiger partial charge in [-0.15, -0.1) is 0 Å². The highest BCUT2D eigenvalue weighted by atomic mass is 19.4. The van der Waals surface area contributed by atoms with Gasteiger partial charge in [-0.2, -0.15) is 17.6 Å². The number of urea groups is 1. The zero-order valence-electron chi connectivity index (χ0n) is 26.9. The van der Waals surface area contributed by atoms with Gasteiger partial charge in [-0.1, -0.05) is 0 Å². The predicted octanol–water partition coefficient (Wildman–Crippen LogP) is 5.41. The Hall–Kier alpha value is -4.28. The number of halogens is 6. The van der Waals surface area contributed by atoms with Gasteiger partial charge in [-0.3, -0.25) is 9.69 Å². The van der Waals surface area contributed by atoms with Gasteiger partial charge >= 0.3 is 12.2 Å². The van der Waals surface area contributed by atoms with Gasteiger partial charge in [0.1, 0.15) is 17.1 Å². The summed E-state index contributed by atoms with van der Waals surface area (Å²) in [6.45, 7) is 6.64. The van der Waals surface area contributed by atoms with E-state index >= 15 is 0 Å². The Labute approximate surface area is 272 Å². The molecule has 4 rings (SSSR count). The van der Waals surface area contributed by atoms with Crippen LogP contribution in [-0.4, -0.2) is 103 Å². The first kappa shape index (κ1) is 36.6. The average Bonchev–Trinajstić information content (AvgIpc) is 3.01. The minimum atomic E-state index is -5.44. The van der Waals surface area contributed by atoms with Crippen LogP contribution in [0.3, 0.4) is 0 Å². The Morgan fingerprint density at radius 3 is 1.94 bits per heavy atom. The van der Waals surface area contributed by atoms with Crippen molar-refractivity contribution in [2.45, 2.75) is 71.3 Å². The number of nitrogens with zero attached hydrogens (tertiary/aromatic N) is 4. The minimum absolute atomic E-state index is 0.0491. The number of benzene rings is 2. The number of aromatic hydroxyl groups is 5. The second-order valence-corrected chi connectivity index (χ2v) is 12.2. The normalized spacial score (nSPS) is 19.9. The van der Waals surface area contributed by atoms with Crippen LogP contribution in [0.2, 0.25) is 0 Å². The van der Waals surface area contributed by atoms with Gasteiger partial charge in [0.25, 0.3) is 6.43 Å². The van der Waals surface area contributed by atoms with Crippen LogP contribution in [0.15, 0.2) is 0 Å². The lowest BCUT2D eigenvalue weighted by atomic mass is 9.87. The fraction of sp³-hybridized carbons (Fsp3) is 0.548. The summed E-state index contributed by atoms with van der Waals surface area (Å²) in [7, 11) is 1.16. The molecule has 2 aromatic carbocycles. The third-order valence-electron chi connectivity index (χ3n) is 9.68. The standard InChI is InChI=1S/C31H38F6N4O7/c1-13-19(25(44)22(31(35,36)37)26(45)21(13)29(33)34)15(3)38(5)30(48)41-7-6-17(40-10-8-39(9-11-40)16(4)42)12-18(41)20-14(2)24(43)23(32)28(47)27(20)46/h15,17-18,29,43-47H,6-12H2,1-5H3. The minimum Gasteiger partial charge on any atom is -0.507 e. The summed E-state index contributed by atoms with van der Waals surface area (Å²) in [6, 6.07) is -3.80. The Morgan fingerprint density at radius 2 is 1.42 bits per heavy atom. The van der Waals surface area contributed by atoms with Crippen molar-refractivity contribution in [3.8, 4) is 28.7 Å². The summed E-state index contributed by atoms with van der Waals surface area (Å²) in [6.07, 6.45) is -8.60. The molecule has 0 radical (unpaired) electrons. The number of piperazine rings is 1. The second kappa shape index (κ2) is 13.3. The van der Waals surface area contributed by atoms with Gasteiger partial charge in [-0.05, 0) is 39.2 Å². The van der Waals surface area contributed by atoms with Crippen LogP contribution >= 0.6 is 0 Å². The van der Waals surface area contributed by atoms with E-state index in [-0.39, 0.29) is 36.0 Å². The van der Waals surface area contributed by atoms with E-state index in [0.29, 0.717) is 32.6 Å². The number of rotatable bonds is 5. The monoisotopic (exact) mass is 692 g/mol. The first-order valence-electron chi connectivity index (χ1n) is 15.1. The summed E-state index contributed by atoms with van der Waals surface area (Å²) in [5, 5.41) is 52.4. The molecule has 2 fully saturated rings. The van der Waals surface area contributed by atoms with Crippen LogP contribution in [0, 0.1) is 19.7 Å². The van der Waals surface area contributed by atoms with Gasteiger partial charge in [0, 0.05) is 69.4 Å². The molecule has 2 saturated heterocycles. The van der Waals surface area contributed by atoms with E-state index in [4.69, 9.17) is 0 Å². The lowest BCUT2D eigenvalue weighted by molar-refractivity contribution is -0.140. The number of piperidine rings is 1. The van der Waals surface area contributed by atoms with Crippen molar-refractivity contribution < 1.29 is 61.5 Å². The van der Waals surface area contributed by atoms with E-state index < -0.39 is 87.5 Å². The molecule has 2 aliphatic rings. The molecule has 0 aliphatic carbocycles. The topological polar surface area (TPSA) is 148 Å². The largest absolute Gasteiger partial charge is 0.507 e. The zero-order chi connectivity index (χ0) is 36.2. The van der Waals surface area contributed by atoms with Crippen LogP contribution in [0.1, 0.15) is 78.6 Å². The number of phenols is 5. The van der Waals surface area contributed by atoms with E-state index in [1.807, 2.05) is 0 Å². The number of carbonyl (C=O) groups excluding carboxylic acids is 2. The molecule has 0 spiro atoms. The lowest BCUT2D eigenvalue weighted by Crippen LogP contribution is -2.56. The van der Waals surface area contributed by atoms with E-state index in [1.54, 1.807) is 4.90 Å². The number of likely N-dealkylation sites (tertiary alicyclic amines) is 1. The molecule has 3 amide bonds. The Bertz CT molecular complexity index is 1570. The highest BCUT2D eigenvalue weighted by molar-refractivity contribution is 5.77. The molecular formula is C31H38F6N4O7. The third kappa shape index (κ3) is 6.31. The van der Waals surface area contributed by atoms with Crippen molar-refractivity contribution in [3.05, 3.63) is 39.2 Å². The van der Waals surface area contributed by atoms with Gasteiger partial charge in [0.05, 0.1) is 17.6 Å². The van der Waals surface area contributed by atoms with Crippen molar-refractivity contribution in [2.75, 3.05) is 39.8 Å². The number of hydrogen-bond donors (Lipinski definition) is 5. The average molecular weight is 693 g/mol. The zero-order valence-corrected chi connectivity index (χ0v) is 26.9. The summed E-state index contributed by atoms with van der Waals surface area (Å²) >= 11 is 0. The van der Waals surface area contributed by atoms with Crippen LogP contribution in [0.5, 0.6) is 28.7 Å². The number of phenolic OH excluding ortho intramolecular Hbond substituents is 5.